The van der Waals surface area contributed by atoms with Gasteiger partial charge in [-0.25, -0.2) is 19.2 Å². The highest BCUT2D eigenvalue weighted by atomic mass is 16.6. The van der Waals surface area contributed by atoms with Crippen molar-refractivity contribution in [3.63, 3.8) is 0 Å². The van der Waals surface area contributed by atoms with Crippen molar-refractivity contribution in [2.75, 3.05) is 41.7 Å². The number of aliphatic carboxylic acids is 2. The van der Waals surface area contributed by atoms with Crippen molar-refractivity contribution in [1.29, 1.82) is 0 Å². The summed E-state index contributed by atoms with van der Waals surface area (Å²) in [7, 11) is 5.56. The van der Waals surface area contributed by atoms with Crippen molar-refractivity contribution in [2.45, 2.75) is 19.1 Å². The first-order valence-electron chi connectivity index (χ1n) is 14.1. The van der Waals surface area contributed by atoms with Gasteiger partial charge in [0.05, 0.1) is 34.9 Å². The van der Waals surface area contributed by atoms with Gasteiger partial charge in [0.15, 0.2) is 13.2 Å². The minimum Gasteiger partial charge on any atom is -0.496 e. The molecule has 0 radical (unpaired) electrons. The molecule has 0 saturated heterocycles. The molecule has 3 N–H and O–H groups in total. The van der Waals surface area contributed by atoms with Gasteiger partial charge < -0.3 is 48.7 Å². The summed E-state index contributed by atoms with van der Waals surface area (Å²) in [5, 5.41) is 19.2. The fraction of sp³-hybridized carbons (Fsp3) is 0.273. The van der Waals surface area contributed by atoms with Crippen LogP contribution in [0, 0.1) is 0 Å². The number of amides is 1. The number of ketones is 1. The standard InChI is InChI=1S/C21H22O9.C12H13NO6/c1-25-14-7-5-8-15(26-2)18(14)20(23)29-11-13(22)12-30-21(24)19-16(27-3)9-6-10-17(19)28-4;14-10(15)6-9(11(16)17)13-12(18)19-7-8-4-2-1-3-5-8/h5-10H,11-12H2,1-4H3;1-5,9H,6-7H2,(H,13,18)(H,14,15)(H,16,17)/t;9-/m.0/s1. The number of rotatable bonds is 16. The molecular formula is C33H35NO15. The molecule has 0 fully saturated rings. The molecule has 3 aromatic carbocycles. The second-order valence-electron chi connectivity index (χ2n) is 9.46. The predicted octanol–water partition coefficient (Wildman–Crippen LogP) is 3.14. The summed E-state index contributed by atoms with van der Waals surface area (Å²) < 4.78 is 35.3. The molecule has 16 nitrogen and oxygen atoms in total. The molecule has 3 aromatic rings. The summed E-state index contributed by atoms with van der Waals surface area (Å²) in [5.41, 5.74) is 0.833. The van der Waals surface area contributed by atoms with Crippen LogP contribution in [0.3, 0.4) is 0 Å². The monoisotopic (exact) mass is 685 g/mol. The fourth-order valence-electron chi connectivity index (χ4n) is 3.86. The molecule has 0 aromatic heterocycles. The molecule has 0 aliphatic rings. The van der Waals surface area contributed by atoms with E-state index in [0.717, 1.165) is 5.56 Å². The van der Waals surface area contributed by atoms with Gasteiger partial charge in [0.25, 0.3) is 0 Å². The number of carbonyl (C=O) groups is 6. The Hall–Kier alpha value is -6.32. The van der Waals surface area contributed by atoms with E-state index in [1.165, 1.54) is 28.4 Å². The molecule has 0 heterocycles. The van der Waals surface area contributed by atoms with Gasteiger partial charge in [-0.2, -0.15) is 0 Å². The zero-order valence-corrected chi connectivity index (χ0v) is 27.0. The normalized spacial score (nSPS) is 10.5. The first kappa shape index (κ1) is 38.9. The number of hydrogen-bond donors (Lipinski definition) is 3. The Bertz CT molecular complexity index is 1490. The van der Waals surface area contributed by atoms with Gasteiger partial charge in [-0.15, -0.1) is 0 Å². The van der Waals surface area contributed by atoms with Crippen LogP contribution in [-0.4, -0.2) is 93.7 Å². The number of carboxylic acid groups (broad SMARTS) is 2. The number of ether oxygens (including phenoxy) is 7. The van der Waals surface area contributed by atoms with Crippen LogP contribution in [0.25, 0.3) is 0 Å². The van der Waals surface area contributed by atoms with E-state index in [0.29, 0.717) is 0 Å². The van der Waals surface area contributed by atoms with Gasteiger partial charge in [-0.1, -0.05) is 42.5 Å². The molecule has 49 heavy (non-hydrogen) atoms. The highest BCUT2D eigenvalue weighted by Crippen LogP contribution is 2.30. The third-order valence-corrected chi connectivity index (χ3v) is 6.17. The fourth-order valence-corrected chi connectivity index (χ4v) is 3.86. The lowest BCUT2D eigenvalue weighted by molar-refractivity contribution is -0.145. The second kappa shape index (κ2) is 20.0. The molecular weight excluding hydrogens is 650 g/mol. The first-order valence-corrected chi connectivity index (χ1v) is 14.1. The number of hydrogen-bond acceptors (Lipinski definition) is 13. The zero-order valence-electron chi connectivity index (χ0n) is 27.0. The molecule has 16 heteroatoms. The number of nitrogens with one attached hydrogen (secondary N) is 1. The van der Waals surface area contributed by atoms with Gasteiger partial charge in [-0.3, -0.25) is 9.59 Å². The first-order chi connectivity index (χ1) is 23.4. The maximum absolute atomic E-state index is 12.4. The third kappa shape index (κ3) is 12.4. The van der Waals surface area contributed by atoms with Gasteiger partial charge in [0, 0.05) is 0 Å². The maximum Gasteiger partial charge on any atom is 0.408 e. The average molecular weight is 686 g/mol. The Labute approximate surface area is 280 Å². The topological polar surface area (TPSA) is 220 Å². The van der Waals surface area contributed by atoms with Crippen LogP contribution in [0.2, 0.25) is 0 Å². The van der Waals surface area contributed by atoms with E-state index in [9.17, 15) is 28.8 Å². The van der Waals surface area contributed by atoms with Crippen molar-refractivity contribution in [1.82, 2.24) is 5.32 Å². The Morgan fingerprint density at radius 1 is 0.612 bits per heavy atom. The third-order valence-electron chi connectivity index (χ3n) is 6.17. The van der Waals surface area contributed by atoms with E-state index in [1.54, 1.807) is 66.7 Å². The van der Waals surface area contributed by atoms with E-state index < -0.39 is 61.4 Å². The number of esters is 2. The van der Waals surface area contributed by atoms with E-state index >= 15 is 0 Å². The Morgan fingerprint density at radius 3 is 1.41 bits per heavy atom. The largest absolute Gasteiger partial charge is 0.496 e. The molecule has 0 saturated carbocycles. The molecule has 1 amide bonds. The second-order valence-corrected chi connectivity index (χ2v) is 9.46. The Kier molecular flexibility index (Phi) is 15.9. The summed E-state index contributed by atoms with van der Waals surface area (Å²) in [6, 6.07) is 16.8. The lowest BCUT2D eigenvalue weighted by atomic mass is 10.1. The van der Waals surface area contributed by atoms with Crippen molar-refractivity contribution in [3.8, 4) is 23.0 Å². The summed E-state index contributed by atoms with van der Waals surface area (Å²) in [5.74, 6) is -4.05. The SMILES string of the molecule is COc1cccc(OC)c1C(=O)OCC(=O)COC(=O)c1c(OC)cccc1OC.O=C(O)C[C@H](NC(=O)OCc1ccccc1)C(=O)O. The van der Waals surface area contributed by atoms with Gasteiger partial charge >= 0.3 is 30.0 Å². The van der Waals surface area contributed by atoms with E-state index in [4.69, 9.17) is 43.4 Å². The molecule has 0 aliphatic heterocycles. The van der Waals surface area contributed by atoms with Gasteiger partial charge in [0.1, 0.15) is 46.8 Å². The minimum atomic E-state index is -1.51. The zero-order chi connectivity index (χ0) is 36.3. The average Bonchev–Trinajstić information content (AvgIpc) is 3.11. The number of Topliss-reactive ketones (excluding diaryl/α,β-unsaturated/α-hetero) is 1. The maximum atomic E-state index is 12.4. The molecule has 0 aliphatic carbocycles. The van der Waals surface area contributed by atoms with Crippen molar-refractivity contribution in [2.24, 2.45) is 0 Å². The van der Waals surface area contributed by atoms with Crippen LogP contribution >= 0.6 is 0 Å². The number of methoxy groups -OCH3 is 4. The van der Waals surface area contributed by atoms with Crippen LogP contribution in [0.5, 0.6) is 23.0 Å². The molecule has 0 bridgehead atoms. The van der Waals surface area contributed by atoms with Crippen LogP contribution < -0.4 is 24.3 Å². The number of alkyl carbamates (subject to hydrolysis) is 1. The molecule has 262 valence electrons. The predicted molar refractivity (Wildman–Crippen MR) is 168 cm³/mol. The summed E-state index contributed by atoms with van der Waals surface area (Å²) in [6.45, 7) is -1.22. The number of carbonyl (C=O) groups excluding carboxylic acids is 4. The highest BCUT2D eigenvalue weighted by molar-refractivity contribution is 5.98. The minimum absolute atomic E-state index is 0.0217. The Morgan fingerprint density at radius 2 is 1.04 bits per heavy atom. The summed E-state index contributed by atoms with van der Waals surface area (Å²) in [4.78, 5) is 69.2. The number of carboxylic acids is 2. The quantitative estimate of drug-likeness (QED) is 0.146. The Balaban J connectivity index is 0.000000377. The van der Waals surface area contributed by atoms with Gasteiger partial charge in [-0.05, 0) is 29.8 Å². The molecule has 3 rings (SSSR count). The molecule has 1 atom stereocenters. The molecule has 0 unspecified atom stereocenters. The van der Waals surface area contributed by atoms with E-state index in [2.05, 4.69) is 0 Å². The van der Waals surface area contributed by atoms with Crippen molar-refractivity contribution in [3.05, 3.63) is 83.4 Å². The van der Waals surface area contributed by atoms with Crippen LogP contribution in [0.15, 0.2) is 66.7 Å². The lowest BCUT2D eigenvalue weighted by Gasteiger charge is -2.13. The summed E-state index contributed by atoms with van der Waals surface area (Å²) >= 11 is 0. The summed E-state index contributed by atoms with van der Waals surface area (Å²) in [6.07, 6.45) is -1.69. The number of benzene rings is 3. The lowest BCUT2D eigenvalue weighted by Crippen LogP contribution is -2.42. The van der Waals surface area contributed by atoms with Gasteiger partial charge in [0.2, 0.25) is 5.78 Å². The highest BCUT2D eigenvalue weighted by Gasteiger charge is 2.24. The molecule has 0 spiro atoms. The van der Waals surface area contributed by atoms with E-state index in [-0.39, 0.29) is 40.7 Å². The van der Waals surface area contributed by atoms with Crippen molar-refractivity contribution >= 4 is 35.8 Å². The van der Waals surface area contributed by atoms with Crippen LogP contribution in [0.1, 0.15) is 32.7 Å². The van der Waals surface area contributed by atoms with Crippen LogP contribution in [-0.2, 0) is 35.2 Å². The smallest absolute Gasteiger partial charge is 0.408 e. The van der Waals surface area contributed by atoms with E-state index in [1.807, 2.05) is 5.32 Å². The van der Waals surface area contributed by atoms with Crippen molar-refractivity contribution < 1.29 is 72.1 Å². The van der Waals surface area contributed by atoms with Crippen LogP contribution in [0.4, 0.5) is 4.79 Å².